The molecule has 25 heavy (non-hydrogen) atoms. The summed E-state index contributed by atoms with van der Waals surface area (Å²) < 4.78 is 50.4. The molecule has 1 aliphatic heterocycles. The van der Waals surface area contributed by atoms with E-state index in [4.69, 9.17) is 9.31 Å². The maximum absolute atomic E-state index is 12.8. The summed E-state index contributed by atoms with van der Waals surface area (Å²) in [6.07, 6.45) is -3.29. The van der Waals surface area contributed by atoms with Gasteiger partial charge in [0.25, 0.3) is 0 Å². The molecule has 0 atom stereocenters. The second-order valence-electron chi connectivity index (χ2n) is 7.14. The van der Waals surface area contributed by atoms with E-state index < -0.39 is 30.2 Å². The Hall–Kier alpha value is -1.86. The van der Waals surface area contributed by atoms with E-state index in [0.29, 0.717) is 11.1 Å². The van der Waals surface area contributed by atoms with Crippen molar-refractivity contribution in [3.05, 3.63) is 48.3 Å². The molecule has 2 heterocycles. The van der Waals surface area contributed by atoms with Crippen LogP contribution in [0.5, 0.6) is 0 Å². The fraction of sp³-hybridized carbons (Fsp3) is 0.389. The average Bonchev–Trinajstić information content (AvgIpc) is 2.75. The highest BCUT2D eigenvalue weighted by atomic mass is 19.4. The quantitative estimate of drug-likeness (QED) is 0.766. The van der Waals surface area contributed by atoms with E-state index in [1.54, 1.807) is 18.2 Å². The molecule has 0 N–H and O–H groups in total. The number of pyridine rings is 1. The molecule has 1 aromatic heterocycles. The first-order valence-corrected chi connectivity index (χ1v) is 7.99. The Labute approximate surface area is 145 Å². The third-order valence-corrected chi connectivity index (χ3v) is 4.82. The van der Waals surface area contributed by atoms with Gasteiger partial charge in [-0.25, -0.2) is 0 Å². The van der Waals surface area contributed by atoms with Gasteiger partial charge in [-0.05, 0) is 56.4 Å². The number of halogens is 3. The second kappa shape index (κ2) is 5.85. The van der Waals surface area contributed by atoms with Gasteiger partial charge >= 0.3 is 13.3 Å². The average molecular weight is 349 g/mol. The van der Waals surface area contributed by atoms with Crippen molar-refractivity contribution < 1.29 is 22.5 Å². The Morgan fingerprint density at radius 3 is 1.96 bits per heavy atom. The Balaban J connectivity index is 1.85. The molecule has 1 saturated heterocycles. The van der Waals surface area contributed by atoms with Crippen LogP contribution < -0.4 is 5.46 Å². The molecule has 0 spiro atoms. The standard InChI is InChI=1S/C18H19BF3NO2/c1-16(2)17(3,4)25-19(24-16)14-7-5-12(6-8-14)13-9-10-23-15(11-13)18(20,21)22/h5-11H,1-4H3. The topological polar surface area (TPSA) is 31.4 Å². The summed E-state index contributed by atoms with van der Waals surface area (Å²) in [5.74, 6) is 0. The SMILES string of the molecule is CC1(C)OB(c2ccc(-c3ccnc(C(F)(F)F)c3)cc2)OC1(C)C. The number of benzene rings is 1. The third kappa shape index (κ3) is 3.44. The molecule has 0 saturated carbocycles. The molecule has 0 bridgehead atoms. The summed E-state index contributed by atoms with van der Waals surface area (Å²) in [7, 11) is -0.498. The molecule has 1 fully saturated rings. The summed E-state index contributed by atoms with van der Waals surface area (Å²) >= 11 is 0. The van der Waals surface area contributed by atoms with Gasteiger partial charge in [0.15, 0.2) is 0 Å². The molecular formula is C18H19BF3NO2. The van der Waals surface area contributed by atoms with E-state index in [-0.39, 0.29) is 0 Å². The van der Waals surface area contributed by atoms with Crippen molar-refractivity contribution in [1.82, 2.24) is 4.98 Å². The molecule has 2 aromatic rings. The predicted octanol–water partition coefficient (Wildman–Crippen LogP) is 4.07. The van der Waals surface area contributed by atoms with Crippen LogP contribution in [0.3, 0.4) is 0 Å². The van der Waals surface area contributed by atoms with E-state index in [1.165, 1.54) is 6.20 Å². The van der Waals surface area contributed by atoms with Gasteiger partial charge < -0.3 is 9.31 Å². The molecule has 0 aliphatic carbocycles. The van der Waals surface area contributed by atoms with Crippen LogP contribution in [0, 0.1) is 0 Å². The maximum atomic E-state index is 12.8. The minimum absolute atomic E-state index is 0.441. The molecule has 7 heteroatoms. The normalized spacial score (nSPS) is 19.2. The Kier molecular flexibility index (Phi) is 4.20. The predicted molar refractivity (Wildman–Crippen MR) is 90.4 cm³/mol. The largest absolute Gasteiger partial charge is 0.494 e. The van der Waals surface area contributed by atoms with Crippen LogP contribution in [0.15, 0.2) is 42.6 Å². The first-order valence-electron chi connectivity index (χ1n) is 7.99. The second-order valence-corrected chi connectivity index (χ2v) is 7.14. The zero-order chi connectivity index (χ0) is 18.5. The van der Waals surface area contributed by atoms with Crippen molar-refractivity contribution >= 4 is 12.6 Å². The number of hydrogen-bond donors (Lipinski definition) is 0. The van der Waals surface area contributed by atoms with Crippen LogP contribution in [0.4, 0.5) is 13.2 Å². The van der Waals surface area contributed by atoms with Crippen molar-refractivity contribution in [3.8, 4) is 11.1 Å². The van der Waals surface area contributed by atoms with Gasteiger partial charge in [-0.1, -0.05) is 24.3 Å². The Bertz CT molecular complexity index is 757. The lowest BCUT2D eigenvalue weighted by atomic mass is 9.78. The zero-order valence-electron chi connectivity index (χ0n) is 14.5. The number of nitrogens with zero attached hydrogens (tertiary/aromatic N) is 1. The summed E-state index contributed by atoms with van der Waals surface area (Å²) in [4.78, 5) is 3.38. The van der Waals surface area contributed by atoms with Crippen LogP contribution in [0.1, 0.15) is 33.4 Å². The minimum atomic E-state index is -4.46. The van der Waals surface area contributed by atoms with Crippen LogP contribution in [0.25, 0.3) is 11.1 Å². The van der Waals surface area contributed by atoms with Crippen molar-refractivity contribution in [2.45, 2.75) is 45.1 Å². The Morgan fingerprint density at radius 1 is 0.880 bits per heavy atom. The summed E-state index contributed by atoms with van der Waals surface area (Å²) in [6.45, 7) is 7.88. The van der Waals surface area contributed by atoms with Crippen LogP contribution >= 0.6 is 0 Å². The summed E-state index contributed by atoms with van der Waals surface area (Å²) in [6, 6.07) is 9.74. The highest BCUT2D eigenvalue weighted by Crippen LogP contribution is 2.36. The minimum Gasteiger partial charge on any atom is -0.399 e. The van der Waals surface area contributed by atoms with Crippen LogP contribution in [-0.4, -0.2) is 23.3 Å². The van der Waals surface area contributed by atoms with Crippen LogP contribution in [0.2, 0.25) is 0 Å². The van der Waals surface area contributed by atoms with Gasteiger partial charge in [0, 0.05) is 6.20 Å². The molecule has 1 aromatic carbocycles. The van der Waals surface area contributed by atoms with E-state index in [2.05, 4.69) is 4.98 Å². The fourth-order valence-corrected chi connectivity index (χ4v) is 2.58. The maximum Gasteiger partial charge on any atom is 0.494 e. The van der Waals surface area contributed by atoms with Gasteiger partial charge in [-0.3, -0.25) is 4.98 Å². The van der Waals surface area contributed by atoms with Gasteiger partial charge in [-0.15, -0.1) is 0 Å². The van der Waals surface area contributed by atoms with Crippen LogP contribution in [-0.2, 0) is 15.5 Å². The smallest absolute Gasteiger partial charge is 0.399 e. The lowest BCUT2D eigenvalue weighted by Gasteiger charge is -2.32. The number of rotatable bonds is 2. The third-order valence-electron chi connectivity index (χ3n) is 4.82. The molecule has 0 radical (unpaired) electrons. The Morgan fingerprint density at radius 2 is 1.44 bits per heavy atom. The van der Waals surface area contributed by atoms with Gasteiger partial charge in [0.2, 0.25) is 0 Å². The molecule has 3 nitrogen and oxygen atoms in total. The highest BCUT2D eigenvalue weighted by molar-refractivity contribution is 6.62. The molecule has 0 amide bonds. The van der Waals surface area contributed by atoms with E-state index in [9.17, 15) is 13.2 Å². The lowest BCUT2D eigenvalue weighted by Crippen LogP contribution is -2.41. The molecule has 3 rings (SSSR count). The first-order chi connectivity index (χ1) is 11.5. The monoisotopic (exact) mass is 349 g/mol. The molecule has 132 valence electrons. The lowest BCUT2D eigenvalue weighted by molar-refractivity contribution is -0.141. The van der Waals surface area contributed by atoms with Crippen molar-refractivity contribution in [1.29, 1.82) is 0 Å². The number of hydrogen-bond acceptors (Lipinski definition) is 3. The molecular weight excluding hydrogens is 330 g/mol. The fourth-order valence-electron chi connectivity index (χ4n) is 2.58. The van der Waals surface area contributed by atoms with E-state index >= 15 is 0 Å². The van der Waals surface area contributed by atoms with Gasteiger partial charge in [0.1, 0.15) is 5.69 Å². The molecule has 0 unspecified atom stereocenters. The van der Waals surface area contributed by atoms with Crippen molar-refractivity contribution in [2.75, 3.05) is 0 Å². The highest BCUT2D eigenvalue weighted by Gasteiger charge is 2.51. The number of alkyl halides is 3. The van der Waals surface area contributed by atoms with E-state index in [0.717, 1.165) is 11.5 Å². The van der Waals surface area contributed by atoms with Crippen molar-refractivity contribution in [2.24, 2.45) is 0 Å². The van der Waals surface area contributed by atoms with Gasteiger partial charge in [0.05, 0.1) is 11.2 Å². The zero-order valence-corrected chi connectivity index (χ0v) is 14.5. The number of aromatic nitrogens is 1. The van der Waals surface area contributed by atoms with Gasteiger partial charge in [-0.2, -0.15) is 13.2 Å². The summed E-state index contributed by atoms with van der Waals surface area (Å²) in [5, 5.41) is 0. The summed E-state index contributed by atoms with van der Waals surface area (Å²) in [5.41, 5.74) is 0.176. The first kappa shape index (κ1) is 18.0. The molecule has 1 aliphatic rings. The van der Waals surface area contributed by atoms with Crippen molar-refractivity contribution in [3.63, 3.8) is 0 Å². The van der Waals surface area contributed by atoms with E-state index in [1.807, 2.05) is 39.8 Å².